The number of rotatable bonds is 7. The molecule has 176 valence electrons. The van der Waals surface area contributed by atoms with Crippen LogP contribution in [0.25, 0.3) is 0 Å². The van der Waals surface area contributed by atoms with E-state index in [4.69, 9.17) is 4.74 Å². The third-order valence-electron chi connectivity index (χ3n) is 5.15. The molecule has 1 N–H and O–H groups in total. The number of amides is 2. The molecule has 0 aliphatic carbocycles. The third-order valence-corrected chi connectivity index (χ3v) is 6.53. The monoisotopic (exact) mass is 476 g/mol. The highest BCUT2D eigenvalue weighted by Crippen LogP contribution is 2.24. The normalized spacial score (nSPS) is 13.9. The van der Waals surface area contributed by atoms with E-state index in [1.807, 2.05) is 0 Å². The molecule has 1 saturated heterocycles. The molecule has 0 aromatic heterocycles. The van der Waals surface area contributed by atoms with Gasteiger partial charge < -0.3 is 14.5 Å². The number of nitrogens with zero attached hydrogens (tertiary/aromatic N) is 3. The largest absolute Gasteiger partial charge is 0.378 e. The van der Waals surface area contributed by atoms with Gasteiger partial charge in [0.15, 0.2) is 0 Å². The van der Waals surface area contributed by atoms with Crippen molar-refractivity contribution in [3.63, 3.8) is 0 Å². The Balaban J connectivity index is 1.67. The maximum atomic E-state index is 12.6. The van der Waals surface area contributed by atoms with Crippen LogP contribution in [0.3, 0.4) is 0 Å². The summed E-state index contributed by atoms with van der Waals surface area (Å²) in [6.07, 6.45) is 0. The van der Waals surface area contributed by atoms with Crippen LogP contribution in [0.15, 0.2) is 47.4 Å². The van der Waals surface area contributed by atoms with Crippen LogP contribution in [-0.4, -0.2) is 74.9 Å². The lowest BCUT2D eigenvalue weighted by molar-refractivity contribution is -0.385. The van der Waals surface area contributed by atoms with Crippen molar-refractivity contribution in [2.75, 3.05) is 44.6 Å². The van der Waals surface area contributed by atoms with Crippen molar-refractivity contribution in [2.24, 2.45) is 0 Å². The minimum Gasteiger partial charge on any atom is -0.378 e. The molecule has 12 heteroatoms. The van der Waals surface area contributed by atoms with Crippen molar-refractivity contribution in [3.05, 3.63) is 63.7 Å². The highest BCUT2D eigenvalue weighted by atomic mass is 32.2. The van der Waals surface area contributed by atoms with Crippen LogP contribution in [0, 0.1) is 17.0 Å². The van der Waals surface area contributed by atoms with E-state index in [9.17, 15) is 28.1 Å². The van der Waals surface area contributed by atoms with Gasteiger partial charge in [-0.05, 0) is 37.3 Å². The van der Waals surface area contributed by atoms with Gasteiger partial charge in [0.25, 0.3) is 21.6 Å². The summed E-state index contributed by atoms with van der Waals surface area (Å²) < 4.78 is 32.8. The highest BCUT2D eigenvalue weighted by Gasteiger charge is 2.22. The lowest BCUT2D eigenvalue weighted by atomic mass is 10.2. The first-order valence-electron chi connectivity index (χ1n) is 10.1. The average Bonchev–Trinajstić information content (AvgIpc) is 2.79. The smallest absolute Gasteiger partial charge is 0.273 e. The van der Waals surface area contributed by atoms with Gasteiger partial charge in [-0.1, -0.05) is 6.07 Å². The summed E-state index contributed by atoms with van der Waals surface area (Å²) in [5.74, 6) is -0.564. The second-order valence-electron chi connectivity index (χ2n) is 7.54. The number of nitro groups is 1. The molecule has 1 aliphatic heterocycles. The Hall–Kier alpha value is -3.51. The molecule has 0 bridgehead atoms. The van der Waals surface area contributed by atoms with E-state index >= 15 is 0 Å². The van der Waals surface area contributed by atoms with E-state index in [1.165, 1.54) is 55.3 Å². The Morgan fingerprint density at radius 2 is 1.79 bits per heavy atom. The molecule has 0 unspecified atom stereocenters. The first-order chi connectivity index (χ1) is 15.6. The van der Waals surface area contributed by atoms with Crippen LogP contribution in [-0.2, 0) is 19.6 Å². The Labute approximate surface area is 191 Å². The van der Waals surface area contributed by atoms with Crippen LogP contribution in [0.5, 0.6) is 0 Å². The van der Waals surface area contributed by atoms with Crippen molar-refractivity contribution in [1.29, 1.82) is 0 Å². The number of anilines is 1. The summed E-state index contributed by atoms with van der Waals surface area (Å²) in [4.78, 5) is 38.1. The molecular formula is C21H24N4O7S. The quantitative estimate of drug-likeness (QED) is 0.473. The van der Waals surface area contributed by atoms with E-state index in [1.54, 1.807) is 4.90 Å². The van der Waals surface area contributed by atoms with E-state index in [0.29, 0.717) is 31.9 Å². The molecular weight excluding hydrogens is 452 g/mol. The fourth-order valence-corrected chi connectivity index (χ4v) is 4.33. The molecule has 1 heterocycles. The fraction of sp³-hybridized carbons (Fsp3) is 0.333. The molecule has 0 saturated carbocycles. The summed E-state index contributed by atoms with van der Waals surface area (Å²) in [6, 6.07) is 9.33. The second kappa shape index (κ2) is 9.96. The minimum atomic E-state index is -4.07. The van der Waals surface area contributed by atoms with Crippen molar-refractivity contribution in [1.82, 2.24) is 9.80 Å². The predicted octanol–water partition coefficient (Wildman–Crippen LogP) is 1.63. The standard InChI is InChI=1S/C21H24N4O7S/c1-15-3-8-18(13-19(15)25(28)29)33(30,31)22-17-6-4-16(5-7-17)21(27)23(2)14-20(26)24-9-11-32-12-10-24/h3-8,13,22H,9-12,14H2,1-2H3. The van der Waals surface area contributed by atoms with Crippen LogP contribution in [0.2, 0.25) is 0 Å². The summed E-state index contributed by atoms with van der Waals surface area (Å²) in [5.41, 5.74) is 0.509. The molecule has 2 aromatic rings. The zero-order chi connectivity index (χ0) is 24.2. The number of nitro benzene ring substituents is 1. The first-order valence-corrected chi connectivity index (χ1v) is 11.6. The zero-order valence-corrected chi connectivity index (χ0v) is 19.0. The number of hydrogen-bond acceptors (Lipinski definition) is 7. The lowest BCUT2D eigenvalue weighted by Crippen LogP contribution is -2.46. The number of hydrogen-bond donors (Lipinski definition) is 1. The van der Waals surface area contributed by atoms with Gasteiger partial charge in [0.2, 0.25) is 5.91 Å². The van der Waals surface area contributed by atoms with Crippen molar-refractivity contribution >= 4 is 33.2 Å². The molecule has 0 spiro atoms. The number of ether oxygens (including phenoxy) is 1. The van der Waals surface area contributed by atoms with Crippen molar-refractivity contribution in [2.45, 2.75) is 11.8 Å². The summed E-state index contributed by atoms with van der Waals surface area (Å²) in [6.45, 7) is 3.34. The number of carbonyl (C=O) groups excluding carboxylic acids is 2. The predicted molar refractivity (Wildman–Crippen MR) is 119 cm³/mol. The highest BCUT2D eigenvalue weighted by molar-refractivity contribution is 7.92. The maximum absolute atomic E-state index is 12.6. The van der Waals surface area contributed by atoms with Gasteiger partial charge in [0.1, 0.15) is 0 Å². The van der Waals surface area contributed by atoms with E-state index in [0.717, 1.165) is 6.07 Å². The molecule has 0 atom stereocenters. The first kappa shape index (κ1) is 24.1. The van der Waals surface area contributed by atoms with Gasteiger partial charge in [-0.15, -0.1) is 0 Å². The minimum absolute atomic E-state index is 0.0839. The number of aryl methyl sites for hydroxylation is 1. The zero-order valence-electron chi connectivity index (χ0n) is 18.2. The van der Waals surface area contributed by atoms with Crippen LogP contribution >= 0.6 is 0 Å². The number of carbonyl (C=O) groups is 2. The van der Waals surface area contributed by atoms with Crippen molar-refractivity contribution in [3.8, 4) is 0 Å². The second-order valence-corrected chi connectivity index (χ2v) is 9.23. The van der Waals surface area contributed by atoms with Crippen LogP contribution < -0.4 is 4.72 Å². The SMILES string of the molecule is Cc1ccc(S(=O)(=O)Nc2ccc(C(=O)N(C)CC(=O)N3CCOCC3)cc2)cc1[N+](=O)[O-]. The average molecular weight is 477 g/mol. The van der Waals surface area contributed by atoms with E-state index < -0.39 is 14.9 Å². The van der Waals surface area contributed by atoms with E-state index in [2.05, 4.69) is 4.72 Å². The Morgan fingerprint density at radius 3 is 2.39 bits per heavy atom. The Morgan fingerprint density at radius 1 is 1.15 bits per heavy atom. The van der Waals surface area contributed by atoms with Gasteiger partial charge in [-0.25, -0.2) is 8.42 Å². The molecule has 1 aliphatic rings. The van der Waals surface area contributed by atoms with Gasteiger partial charge >= 0.3 is 0 Å². The molecule has 33 heavy (non-hydrogen) atoms. The summed E-state index contributed by atoms with van der Waals surface area (Å²) in [5, 5.41) is 11.1. The molecule has 0 radical (unpaired) electrons. The number of benzene rings is 2. The lowest BCUT2D eigenvalue weighted by Gasteiger charge is -2.28. The summed E-state index contributed by atoms with van der Waals surface area (Å²) in [7, 11) is -2.56. The fourth-order valence-electron chi connectivity index (χ4n) is 3.26. The Kier molecular flexibility index (Phi) is 7.29. The molecule has 2 aromatic carbocycles. The molecule has 1 fully saturated rings. The van der Waals surface area contributed by atoms with Gasteiger partial charge in [-0.3, -0.25) is 24.4 Å². The van der Waals surface area contributed by atoms with Gasteiger partial charge in [-0.2, -0.15) is 0 Å². The number of sulfonamides is 1. The topological polar surface area (TPSA) is 139 Å². The molecule has 11 nitrogen and oxygen atoms in total. The number of likely N-dealkylation sites (N-methyl/N-ethyl adjacent to an activating group) is 1. The number of nitrogens with one attached hydrogen (secondary N) is 1. The molecule has 2 amide bonds. The van der Waals surface area contributed by atoms with Gasteiger partial charge in [0.05, 0.1) is 29.6 Å². The number of morpholine rings is 1. The third kappa shape index (κ3) is 5.84. The van der Waals surface area contributed by atoms with Gasteiger partial charge in [0, 0.05) is 43.0 Å². The van der Waals surface area contributed by atoms with Crippen molar-refractivity contribution < 1.29 is 27.7 Å². The van der Waals surface area contributed by atoms with Crippen LogP contribution in [0.1, 0.15) is 15.9 Å². The maximum Gasteiger partial charge on any atom is 0.273 e. The Bertz CT molecular complexity index is 1160. The summed E-state index contributed by atoms with van der Waals surface area (Å²) >= 11 is 0. The van der Waals surface area contributed by atoms with E-state index in [-0.39, 0.29) is 40.2 Å². The molecule has 3 rings (SSSR count). The van der Waals surface area contributed by atoms with Crippen LogP contribution in [0.4, 0.5) is 11.4 Å².